The third-order valence-corrected chi connectivity index (χ3v) is 6.02. The van der Waals surface area contributed by atoms with Crippen LogP contribution in [0.3, 0.4) is 0 Å². The Labute approximate surface area is 217 Å². The Balaban J connectivity index is 1.99. The fraction of sp³-hybridized carbons (Fsp3) is 0.385. The number of halogens is 1. The molecule has 36 heavy (non-hydrogen) atoms. The summed E-state index contributed by atoms with van der Waals surface area (Å²) in [7, 11) is 0. The fourth-order valence-electron chi connectivity index (χ4n) is 3.95. The number of hydrogen-bond donors (Lipinski definition) is 2. The molecule has 0 fully saturated rings. The molecule has 0 radical (unpaired) electrons. The molecule has 0 spiro atoms. The van der Waals surface area contributed by atoms with Crippen LogP contribution in [0.2, 0.25) is 0 Å². The lowest BCUT2D eigenvalue weighted by atomic mass is 10.1. The minimum atomic E-state index is -0.898. The van der Waals surface area contributed by atoms with E-state index in [4.69, 9.17) is 4.74 Å². The van der Waals surface area contributed by atoms with E-state index < -0.39 is 40.9 Å². The second-order valence-corrected chi connectivity index (χ2v) is 10.4. The molecule has 2 N–H and O–H groups in total. The summed E-state index contributed by atoms with van der Waals surface area (Å²) in [4.78, 5) is 52.7. The number of fused-ring (bicyclic) bond motifs is 1. The lowest BCUT2D eigenvalue weighted by Crippen LogP contribution is -2.39. The molecule has 3 rings (SSSR count). The number of aromatic nitrogens is 1. The van der Waals surface area contributed by atoms with E-state index in [-0.39, 0.29) is 32.0 Å². The van der Waals surface area contributed by atoms with Gasteiger partial charge in [-0.2, -0.15) is 0 Å². The van der Waals surface area contributed by atoms with E-state index in [1.807, 2.05) is 24.3 Å². The molecule has 2 amide bonds. The van der Waals surface area contributed by atoms with Crippen LogP contribution in [0.15, 0.2) is 46.2 Å². The standard InChI is InChI=1S/C26H30BrN3O6/c1-5-6-10-20(31)29-14-18-19(15-29)30(13-16-8-7-9-17(27)11-16)25(35)22(23(18)33)24(34)28-12-21(32)36-26(2,3)4/h5,7-9,11,33H,1,6,10,12-15H2,2-4H3,(H,28,34). The van der Waals surface area contributed by atoms with Gasteiger partial charge in [-0.15, -0.1) is 6.58 Å². The molecule has 0 saturated carbocycles. The predicted octanol–water partition coefficient (Wildman–Crippen LogP) is 3.24. The van der Waals surface area contributed by atoms with E-state index in [0.29, 0.717) is 17.7 Å². The zero-order chi connectivity index (χ0) is 26.6. The highest BCUT2D eigenvalue weighted by atomic mass is 79.9. The Morgan fingerprint density at radius 1 is 1.25 bits per heavy atom. The number of rotatable bonds is 8. The van der Waals surface area contributed by atoms with Gasteiger partial charge in [-0.05, 0) is 44.9 Å². The van der Waals surface area contributed by atoms with Crippen molar-refractivity contribution in [3.8, 4) is 5.75 Å². The molecule has 1 aromatic carbocycles. The average molecular weight is 560 g/mol. The summed E-state index contributed by atoms with van der Waals surface area (Å²) in [5, 5.41) is 13.3. The van der Waals surface area contributed by atoms with Gasteiger partial charge in [0.15, 0.2) is 0 Å². The van der Waals surface area contributed by atoms with E-state index in [1.54, 1.807) is 26.8 Å². The number of benzene rings is 1. The second-order valence-electron chi connectivity index (χ2n) is 9.52. The topological polar surface area (TPSA) is 118 Å². The highest BCUT2D eigenvalue weighted by Gasteiger charge is 2.33. The number of esters is 1. The van der Waals surface area contributed by atoms with Crippen molar-refractivity contribution in [1.82, 2.24) is 14.8 Å². The van der Waals surface area contributed by atoms with Gasteiger partial charge >= 0.3 is 5.97 Å². The SMILES string of the molecule is C=CCCC(=O)N1Cc2c(O)c(C(=O)NCC(=O)OC(C)(C)C)c(=O)n(Cc3cccc(Br)c3)c2C1. The van der Waals surface area contributed by atoms with E-state index in [0.717, 1.165) is 10.0 Å². The first-order valence-electron chi connectivity index (χ1n) is 11.5. The normalized spacial score (nSPS) is 12.7. The molecule has 10 heteroatoms. The number of nitrogens with one attached hydrogen (secondary N) is 1. The summed E-state index contributed by atoms with van der Waals surface area (Å²) in [5.41, 5.74) is -0.348. The predicted molar refractivity (Wildman–Crippen MR) is 137 cm³/mol. The van der Waals surface area contributed by atoms with Crippen LogP contribution in [0.5, 0.6) is 5.75 Å². The summed E-state index contributed by atoms with van der Waals surface area (Å²) >= 11 is 3.42. The molecule has 1 aliphatic heterocycles. The van der Waals surface area contributed by atoms with Crippen LogP contribution in [0.1, 0.15) is 60.8 Å². The van der Waals surface area contributed by atoms with Gasteiger partial charge < -0.3 is 24.6 Å². The molecule has 0 unspecified atom stereocenters. The lowest BCUT2D eigenvalue weighted by Gasteiger charge is -2.20. The van der Waals surface area contributed by atoms with E-state index in [9.17, 15) is 24.3 Å². The first kappa shape index (κ1) is 27.2. The molecule has 2 heterocycles. The monoisotopic (exact) mass is 559 g/mol. The average Bonchev–Trinajstić information content (AvgIpc) is 3.24. The zero-order valence-corrected chi connectivity index (χ0v) is 22.2. The number of allylic oxidation sites excluding steroid dienone is 1. The second kappa shape index (κ2) is 11.1. The highest BCUT2D eigenvalue weighted by Crippen LogP contribution is 2.32. The van der Waals surface area contributed by atoms with Crippen LogP contribution in [0.25, 0.3) is 0 Å². The van der Waals surface area contributed by atoms with E-state index >= 15 is 0 Å². The van der Waals surface area contributed by atoms with Crippen LogP contribution in [0.4, 0.5) is 0 Å². The Hall–Kier alpha value is -3.40. The number of nitrogens with zero attached hydrogens (tertiary/aromatic N) is 2. The lowest BCUT2D eigenvalue weighted by molar-refractivity contribution is -0.153. The molecule has 2 aromatic rings. The molecule has 1 aromatic heterocycles. The van der Waals surface area contributed by atoms with E-state index in [2.05, 4.69) is 27.8 Å². The zero-order valence-electron chi connectivity index (χ0n) is 20.6. The minimum absolute atomic E-state index is 0.0578. The third kappa shape index (κ3) is 6.42. The van der Waals surface area contributed by atoms with Gasteiger partial charge in [-0.3, -0.25) is 19.2 Å². The molecule has 9 nitrogen and oxygen atoms in total. The van der Waals surface area contributed by atoms with Gasteiger partial charge in [0.25, 0.3) is 11.5 Å². The number of carbonyl (C=O) groups excluding carboxylic acids is 3. The number of pyridine rings is 1. The van der Waals surface area contributed by atoms with Crippen molar-refractivity contribution in [3.05, 3.63) is 74.1 Å². The highest BCUT2D eigenvalue weighted by molar-refractivity contribution is 9.10. The first-order valence-corrected chi connectivity index (χ1v) is 12.3. The van der Waals surface area contributed by atoms with Gasteiger partial charge in [0.05, 0.1) is 19.6 Å². The Kier molecular flexibility index (Phi) is 8.39. The van der Waals surface area contributed by atoms with Gasteiger partial charge in [0.2, 0.25) is 5.91 Å². The Morgan fingerprint density at radius 3 is 2.61 bits per heavy atom. The maximum Gasteiger partial charge on any atom is 0.325 e. The van der Waals surface area contributed by atoms with Gasteiger partial charge in [-0.25, -0.2) is 0 Å². The van der Waals surface area contributed by atoms with Crippen LogP contribution in [-0.4, -0.2) is 44.5 Å². The largest absolute Gasteiger partial charge is 0.506 e. The van der Waals surface area contributed by atoms with Crippen LogP contribution in [0, 0.1) is 0 Å². The molecule has 0 saturated heterocycles. The fourth-order valence-corrected chi connectivity index (χ4v) is 4.40. The van der Waals surface area contributed by atoms with Crippen molar-refractivity contribution < 1.29 is 24.2 Å². The van der Waals surface area contributed by atoms with Crippen LogP contribution < -0.4 is 10.9 Å². The molecule has 1 aliphatic rings. The smallest absolute Gasteiger partial charge is 0.325 e. The summed E-state index contributed by atoms with van der Waals surface area (Å²) in [6.07, 6.45) is 2.40. The van der Waals surface area contributed by atoms with Gasteiger partial charge in [-0.1, -0.05) is 34.1 Å². The summed E-state index contributed by atoms with van der Waals surface area (Å²) in [6.45, 7) is 8.57. The van der Waals surface area contributed by atoms with Gasteiger partial charge in [0.1, 0.15) is 23.5 Å². The molecular formula is C26H30BrN3O6. The maximum absolute atomic E-state index is 13.5. The molecule has 0 bridgehead atoms. The third-order valence-electron chi connectivity index (χ3n) is 5.53. The van der Waals surface area contributed by atoms with Crippen molar-refractivity contribution in [1.29, 1.82) is 0 Å². The molecule has 192 valence electrons. The maximum atomic E-state index is 13.5. The number of aromatic hydroxyl groups is 1. The quantitative estimate of drug-likeness (QED) is 0.378. The van der Waals surface area contributed by atoms with Crippen molar-refractivity contribution in [2.24, 2.45) is 0 Å². The Morgan fingerprint density at radius 2 is 1.97 bits per heavy atom. The molecule has 0 atom stereocenters. The van der Waals surface area contributed by atoms with Crippen molar-refractivity contribution in [2.75, 3.05) is 6.54 Å². The number of amides is 2. The number of carbonyl (C=O) groups is 3. The first-order chi connectivity index (χ1) is 16.9. The van der Waals surface area contributed by atoms with Crippen LogP contribution in [-0.2, 0) is 34.0 Å². The van der Waals surface area contributed by atoms with Crippen LogP contribution >= 0.6 is 15.9 Å². The number of ether oxygens (including phenoxy) is 1. The van der Waals surface area contributed by atoms with Crippen molar-refractivity contribution >= 4 is 33.7 Å². The Bertz CT molecular complexity index is 1260. The van der Waals surface area contributed by atoms with E-state index in [1.165, 1.54) is 9.47 Å². The minimum Gasteiger partial charge on any atom is -0.506 e. The summed E-state index contributed by atoms with van der Waals surface area (Å²) in [5.74, 6) is -2.21. The number of hydrogen-bond acceptors (Lipinski definition) is 6. The van der Waals surface area contributed by atoms with Crippen molar-refractivity contribution in [2.45, 2.75) is 58.8 Å². The summed E-state index contributed by atoms with van der Waals surface area (Å²) in [6, 6.07) is 7.35. The molecule has 0 aliphatic carbocycles. The van der Waals surface area contributed by atoms with Crippen molar-refractivity contribution in [3.63, 3.8) is 0 Å². The summed E-state index contributed by atoms with van der Waals surface area (Å²) < 4.78 is 7.41. The molecular weight excluding hydrogens is 530 g/mol. The van der Waals surface area contributed by atoms with Gasteiger partial charge in [0, 0.05) is 22.2 Å².